The molecule has 0 atom stereocenters. The molecule has 1 aliphatic rings. The molecule has 0 aromatic heterocycles. The number of hydrogen-bond donors (Lipinski definition) is 1. The first-order chi connectivity index (χ1) is 11.4. The van der Waals surface area contributed by atoms with E-state index in [-0.39, 0.29) is 30.4 Å². The molecule has 24 heavy (non-hydrogen) atoms. The summed E-state index contributed by atoms with van der Waals surface area (Å²) in [7, 11) is 0. The van der Waals surface area contributed by atoms with Gasteiger partial charge in [0.25, 0.3) is 5.91 Å². The van der Waals surface area contributed by atoms with Crippen molar-refractivity contribution in [1.82, 2.24) is 10.2 Å². The Labute approximate surface area is 144 Å². The summed E-state index contributed by atoms with van der Waals surface area (Å²) in [6, 6.07) is 6.02. The van der Waals surface area contributed by atoms with E-state index >= 15 is 0 Å². The monoisotopic (exact) mass is 332 g/mol. The number of nitrogens with zero attached hydrogens (tertiary/aromatic N) is 1. The van der Waals surface area contributed by atoms with E-state index in [0.29, 0.717) is 13.1 Å². The van der Waals surface area contributed by atoms with Gasteiger partial charge >= 0.3 is 0 Å². The minimum atomic E-state index is -0.00368. The maximum Gasteiger partial charge on any atom is 0.260 e. The van der Waals surface area contributed by atoms with Gasteiger partial charge in [-0.15, -0.1) is 0 Å². The van der Waals surface area contributed by atoms with Crippen molar-refractivity contribution in [2.24, 2.45) is 5.92 Å². The second-order valence-electron chi connectivity index (χ2n) is 6.85. The fourth-order valence-corrected chi connectivity index (χ4v) is 2.68. The Balaban J connectivity index is 1.76. The van der Waals surface area contributed by atoms with Crippen LogP contribution >= 0.6 is 0 Å². The number of likely N-dealkylation sites (tertiary alicyclic amines) is 1. The van der Waals surface area contributed by atoms with Gasteiger partial charge in [-0.1, -0.05) is 19.9 Å². The summed E-state index contributed by atoms with van der Waals surface area (Å²) in [5.74, 6) is 0.807. The Morgan fingerprint density at radius 3 is 2.46 bits per heavy atom. The van der Waals surface area contributed by atoms with Gasteiger partial charge < -0.3 is 15.0 Å². The Hall–Kier alpha value is -2.04. The van der Waals surface area contributed by atoms with E-state index in [1.54, 1.807) is 0 Å². The SMILES string of the molecule is Cc1ccc(OCC(=O)N2CCC(NC(=O)C(C)C)CC2)cc1C. The van der Waals surface area contributed by atoms with Gasteiger partial charge in [0, 0.05) is 25.0 Å². The van der Waals surface area contributed by atoms with Crippen LogP contribution in [-0.4, -0.2) is 42.5 Å². The van der Waals surface area contributed by atoms with Gasteiger partial charge in [0.1, 0.15) is 5.75 Å². The summed E-state index contributed by atoms with van der Waals surface area (Å²) in [5.41, 5.74) is 2.36. The zero-order valence-corrected chi connectivity index (χ0v) is 15.1. The van der Waals surface area contributed by atoms with Gasteiger partial charge in [-0.2, -0.15) is 0 Å². The molecule has 1 aromatic rings. The van der Waals surface area contributed by atoms with Crippen LogP contribution in [0, 0.1) is 19.8 Å². The second-order valence-corrected chi connectivity index (χ2v) is 6.85. The zero-order chi connectivity index (χ0) is 17.7. The smallest absolute Gasteiger partial charge is 0.260 e. The van der Waals surface area contributed by atoms with Crippen molar-refractivity contribution in [2.75, 3.05) is 19.7 Å². The van der Waals surface area contributed by atoms with Gasteiger partial charge in [0.15, 0.2) is 6.61 Å². The lowest BCUT2D eigenvalue weighted by Gasteiger charge is -2.32. The molecule has 1 aliphatic heterocycles. The van der Waals surface area contributed by atoms with Gasteiger partial charge in [0.05, 0.1) is 0 Å². The van der Waals surface area contributed by atoms with Gasteiger partial charge in [-0.25, -0.2) is 0 Å². The predicted octanol–water partition coefficient (Wildman–Crippen LogP) is 2.45. The van der Waals surface area contributed by atoms with Crippen molar-refractivity contribution in [3.63, 3.8) is 0 Å². The predicted molar refractivity (Wildman–Crippen MR) is 94.0 cm³/mol. The van der Waals surface area contributed by atoms with Crippen molar-refractivity contribution < 1.29 is 14.3 Å². The van der Waals surface area contributed by atoms with E-state index in [1.807, 2.05) is 50.8 Å². The quantitative estimate of drug-likeness (QED) is 0.901. The lowest BCUT2D eigenvalue weighted by Crippen LogP contribution is -2.48. The van der Waals surface area contributed by atoms with Crippen LogP contribution < -0.4 is 10.1 Å². The van der Waals surface area contributed by atoms with Crippen LogP contribution in [0.2, 0.25) is 0 Å². The number of rotatable bonds is 5. The highest BCUT2D eigenvalue weighted by atomic mass is 16.5. The van der Waals surface area contributed by atoms with E-state index in [2.05, 4.69) is 5.32 Å². The topological polar surface area (TPSA) is 58.6 Å². The molecule has 1 aromatic carbocycles. The summed E-state index contributed by atoms with van der Waals surface area (Å²) in [6.45, 7) is 9.24. The van der Waals surface area contributed by atoms with Crippen LogP contribution in [0.25, 0.3) is 0 Å². The van der Waals surface area contributed by atoms with E-state index in [4.69, 9.17) is 4.74 Å². The summed E-state index contributed by atoms with van der Waals surface area (Å²) in [4.78, 5) is 25.8. The van der Waals surface area contributed by atoms with E-state index in [1.165, 1.54) is 5.56 Å². The highest BCUT2D eigenvalue weighted by molar-refractivity contribution is 5.79. The number of nitrogens with one attached hydrogen (secondary N) is 1. The molecule has 5 nitrogen and oxygen atoms in total. The molecule has 2 amide bonds. The van der Waals surface area contributed by atoms with Crippen molar-refractivity contribution in [3.8, 4) is 5.75 Å². The maximum atomic E-state index is 12.3. The number of carbonyl (C=O) groups excluding carboxylic acids is 2. The van der Waals surface area contributed by atoms with Crippen molar-refractivity contribution in [2.45, 2.75) is 46.6 Å². The normalized spacial score (nSPS) is 15.5. The third kappa shape index (κ3) is 4.98. The molecule has 5 heteroatoms. The summed E-state index contributed by atoms with van der Waals surface area (Å²) < 4.78 is 5.62. The standard InChI is InChI=1S/C19H28N2O3/c1-13(2)19(23)20-16-7-9-21(10-8-16)18(22)12-24-17-6-5-14(3)15(4)11-17/h5-6,11,13,16H,7-10,12H2,1-4H3,(H,20,23). The fraction of sp³-hybridized carbons (Fsp3) is 0.579. The second kappa shape index (κ2) is 8.18. The lowest BCUT2D eigenvalue weighted by molar-refractivity contribution is -0.134. The minimum absolute atomic E-state index is 0.00173. The van der Waals surface area contributed by atoms with Crippen LogP contribution in [0.15, 0.2) is 18.2 Å². The summed E-state index contributed by atoms with van der Waals surface area (Å²) >= 11 is 0. The third-order valence-corrected chi connectivity index (χ3v) is 4.56. The number of benzene rings is 1. The number of carbonyl (C=O) groups is 2. The highest BCUT2D eigenvalue weighted by Gasteiger charge is 2.24. The molecular weight excluding hydrogens is 304 g/mol. The molecule has 1 heterocycles. The zero-order valence-electron chi connectivity index (χ0n) is 15.1. The van der Waals surface area contributed by atoms with Crippen molar-refractivity contribution in [1.29, 1.82) is 0 Å². The Morgan fingerprint density at radius 1 is 1.21 bits per heavy atom. The molecule has 1 fully saturated rings. The number of hydrogen-bond acceptors (Lipinski definition) is 3. The Morgan fingerprint density at radius 2 is 1.88 bits per heavy atom. The van der Waals surface area contributed by atoms with E-state index < -0.39 is 0 Å². The van der Waals surface area contributed by atoms with Crippen LogP contribution in [0.5, 0.6) is 5.75 Å². The molecule has 0 bridgehead atoms. The first-order valence-corrected chi connectivity index (χ1v) is 8.65. The molecule has 0 spiro atoms. The summed E-state index contributed by atoms with van der Waals surface area (Å²) in [5, 5.41) is 3.04. The van der Waals surface area contributed by atoms with Crippen molar-refractivity contribution in [3.05, 3.63) is 29.3 Å². The Bertz CT molecular complexity index is 590. The highest BCUT2D eigenvalue weighted by Crippen LogP contribution is 2.17. The van der Waals surface area contributed by atoms with Crippen LogP contribution in [0.3, 0.4) is 0 Å². The molecule has 1 N–H and O–H groups in total. The first-order valence-electron chi connectivity index (χ1n) is 8.65. The average molecular weight is 332 g/mol. The minimum Gasteiger partial charge on any atom is -0.484 e. The lowest BCUT2D eigenvalue weighted by atomic mass is 10.0. The van der Waals surface area contributed by atoms with Crippen molar-refractivity contribution >= 4 is 11.8 Å². The van der Waals surface area contributed by atoms with E-state index in [9.17, 15) is 9.59 Å². The molecule has 1 saturated heterocycles. The van der Waals surface area contributed by atoms with Gasteiger partial charge in [-0.3, -0.25) is 9.59 Å². The molecule has 0 radical (unpaired) electrons. The molecule has 0 saturated carbocycles. The van der Waals surface area contributed by atoms with Crippen LogP contribution in [0.1, 0.15) is 37.8 Å². The average Bonchev–Trinajstić information content (AvgIpc) is 2.56. The fourth-order valence-electron chi connectivity index (χ4n) is 2.68. The number of piperidine rings is 1. The number of amides is 2. The number of aryl methyl sites for hydroxylation is 2. The number of ether oxygens (including phenoxy) is 1. The van der Waals surface area contributed by atoms with E-state index in [0.717, 1.165) is 24.2 Å². The van der Waals surface area contributed by atoms with Crippen LogP contribution in [0.4, 0.5) is 0 Å². The van der Waals surface area contributed by atoms with Gasteiger partial charge in [0.2, 0.25) is 5.91 Å². The molecule has 0 unspecified atom stereocenters. The Kier molecular flexibility index (Phi) is 6.23. The largest absolute Gasteiger partial charge is 0.484 e. The third-order valence-electron chi connectivity index (χ3n) is 4.56. The first kappa shape index (κ1) is 18.3. The molecule has 0 aliphatic carbocycles. The molecule has 132 valence electrons. The van der Waals surface area contributed by atoms with Gasteiger partial charge in [-0.05, 0) is 49.9 Å². The molecule has 2 rings (SSSR count). The molecular formula is C19H28N2O3. The van der Waals surface area contributed by atoms with Crippen LogP contribution in [-0.2, 0) is 9.59 Å². The summed E-state index contributed by atoms with van der Waals surface area (Å²) in [6.07, 6.45) is 1.60. The maximum absolute atomic E-state index is 12.3.